The summed E-state index contributed by atoms with van der Waals surface area (Å²) in [5.41, 5.74) is 15.6. The second-order valence-corrected chi connectivity index (χ2v) is 11.7. The van der Waals surface area contributed by atoms with Crippen molar-refractivity contribution >= 4 is 50.4 Å². The van der Waals surface area contributed by atoms with E-state index in [0.29, 0.717) is 29.6 Å². The second kappa shape index (κ2) is 10.2. The van der Waals surface area contributed by atoms with Gasteiger partial charge in [0, 0.05) is 53.0 Å². The third-order valence-corrected chi connectivity index (χ3v) is 9.45. The highest BCUT2D eigenvalue weighted by atomic mass is 32.1. The van der Waals surface area contributed by atoms with E-state index in [0.717, 1.165) is 57.7 Å². The summed E-state index contributed by atoms with van der Waals surface area (Å²) in [4.78, 5) is 34.4. The normalized spacial score (nSPS) is 20.3. The van der Waals surface area contributed by atoms with Gasteiger partial charge < -0.3 is 21.7 Å². The number of rotatable bonds is 8. The zero-order valence-corrected chi connectivity index (χ0v) is 21.8. The molecule has 1 fully saturated rings. The fourth-order valence-corrected chi connectivity index (χ4v) is 7.39. The van der Waals surface area contributed by atoms with E-state index >= 15 is 0 Å². The SMILES string of the molecule is CC1CCCCN1CCCNC(=O)CC1CCc2c1nc1sc(C(N)=O)c(N)c1c2-c1cccs1. The molecule has 1 saturated heterocycles. The minimum absolute atomic E-state index is 0.0654. The van der Waals surface area contributed by atoms with E-state index in [9.17, 15) is 9.59 Å². The predicted molar refractivity (Wildman–Crippen MR) is 144 cm³/mol. The zero-order chi connectivity index (χ0) is 24.5. The Bertz CT molecular complexity index is 1240. The molecule has 4 heterocycles. The lowest BCUT2D eigenvalue weighted by atomic mass is 9.98. The van der Waals surface area contributed by atoms with E-state index in [2.05, 4.69) is 23.2 Å². The Balaban J connectivity index is 1.32. The van der Waals surface area contributed by atoms with Gasteiger partial charge in [0.05, 0.1) is 5.69 Å². The van der Waals surface area contributed by atoms with Crippen molar-refractivity contribution in [2.24, 2.45) is 5.73 Å². The number of carbonyl (C=O) groups is 2. The van der Waals surface area contributed by atoms with E-state index in [4.69, 9.17) is 16.5 Å². The molecule has 0 spiro atoms. The van der Waals surface area contributed by atoms with E-state index in [1.54, 1.807) is 11.3 Å². The van der Waals surface area contributed by atoms with E-state index in [-0.39, 0.29) is 11.8 Å². The maximum absolute atomic E-state index is 12.8. The molecular weight excluding hydrogens is 478 g/mol. The molecule has 2 atom stereocenters. The quantitative estimate of drug-likeness (QED) is 0.385. The van der Waals surface area contributed by atoms with Gasteiger partial charge in [0.1, 0.15) is 9.71 Å². The minimum atomic E-state index is -0.530. The first kappa shape index (κ1) is 24.2. The van der Waals surface area contributed by atoms with Crippen molar-refractivity contribution in [3.8, 4) is 10.4 Å². The Kier molecular flexibility index (Phi) is 7.09. The summed E-state index contributed by atoms with van der Waals surface area (Å²) in [5, 5.41) is 5.99. The zero-order valence-electron chi connectivity index (χ0n) is 20.1. The van der Waals surface area contributed by atoms with Crippen molar-refractivity contribution in [1.29, 1.82) is 0 Å². The van der Waals surface area contributed by atoms with Crippen molar-refractivity contribution < 1.29 is 9.59 Å². The number of nitrogens with two attached hydrogens (primary N) is 2. The van der Waals surface area contributed by atoms with Crippen LogP contribution in [0.5, 0.6) is 0 Å². The molecule has 35 heavy (non-hydrogen) atoms. The fourth-order valence-electron chi connectivity index (χ4n) is 5.62. The third-order valence-electron chi connectivity index (χ3n) is 7.45. The summed E-state index contributed by atoms with van der Waals surface area (Å²) in [7, 11) is 0. The highest BCUT2D eigenvalue weighted by Gasteiger charge is 2.32. The van der Waals surface area contributed by atoms with Gasteiger partial charge in [-0.2, -0.15) is 0 Å². The van der Waals surface area contributed by atoms with Crippen molar-refractivity contribution in [2.75, 3.05) is 25.4 Å². The van der Waals surface area contributed by atoms with Crippen LogP contribution in [-0.2, 0) is 11.2 Å². The highest BCUT2D eigenvalue weighted by Crippen LogP contribution is 2.48. The van der Waals surface area contributed by atoms with Crippen LogP contribution >= 0.6 is 22.7 Å². The molecule has 1 aliphatic heterocycles. The standard InChI is InChI=1S/C26H33N5O2S2/c1-15-6-2-3-11-31(15)12-5-10-29-19(32)14-16-8-9-17-20(18-7-4-13-34-18)21-22(27)24(25(28)33)35-26(21)30-23(16)17/h4,7,13,15-16H,2-3,5-6,8-12,14,27H2,1H3,(H2,28,33)(H,29,32). The number of hydrogen-bond donors (Lipinski definition) is 3. The first-order valence-corrected chi connectivity index (χ1v) is 14.2. The molecule has 5 N–H and O–H groups in total. The lowest BCUT2D eigenvalue weighted by Crippen LogP contribution is -2.39. The van der Waals surface area contributed by atoms with Crippen LogP contribution in [-0.4, -0.2) is 47.4 Å². The summed E-state index contributed by atoms with van der Waals surface area (Å²) in [6, 6.07) is 4.74. The van der Waals surface area contributed by atoms with Crippen molar-refractivity contribution in [3.05, 3.63) is 33.6 Å². The van der Waals surface area contributed by atoms with Crippen LogP contribution in [0.15, 0.2) is 17.5 Å². The molecule has 0 bridgehead atoms. The summed E-state index contributed by atoms with van der Waals surface area (Å²) in [6.45, 7) is 5.22. The first-order chi connectivity index (χ1) is 16.9. The van der Waals surface area contributed by atoms with Crippen LogP contribution < -0.4 is 16.8 Å². The van der Waals surface area contributed by atoms with Gasteiger partial charge in [-0.3, -0.25) is 9.59 Å². The average Bonchev–Trinajstić information content (AvgIpc) is 3.57. The minimum Gasteiger partial charge on any atom is -0.397 e. The van der Waals surface area contributed by atoms with Crippen molar-refractivity contribution in [3.63, 3.8) is 0 Å². The van der Waals surface area contributed by atoms with Crippen LogP contribution in [0.25, 0.3) is 20.7 Å². The lowest BCUT2D eigenvalue weighted by Gasteiger charge is -2.33. The number of carbonyl (C=O) groups excluding carboxylic acids is 2. The molecule has 3 aromatic heterocycles. The Morgan fingerprint density at radius 2 is 2.14 bits per heavy atom. The second-order valence-electron chi connectivity index (χ2n) is 9.74. The number of hydrogen-bond acceptors (Lipinski definition) is 7. The number of pyridine rings is 1. The maximum Gasteiger partial charge on any atom is 0.260 e. The van der Waals surface area contributed by atoms with Crippen LogP contribution in [0.1, 0.15) is 72.3 Å². The Hall–Kier alpha value is -2.49. The number of nitrogen functional groups attached to an aromatic ring is 1. The predicted octanol–water partition coefficient (Wildman–Crippen LogP) is 4.51. The van der Waals surface area contributed by atoms with Crippen LogP contribution in [0.3, 0.4) is 0 Å². The summed E-state index contributed by atoms with van der Waals surface area (Å²) < 4.78 is 0. The van der Waals surface area contributed by atoms with Gasteiger partial charge in [-0.05, 0) is 62.6 Å². The molecule has 0 aromatic carbocycles. The molecular formula is C26H33N5O2S2. The number of nitrogens with zero attached hydrogens (tertiary/aromatic N) is 2. The number of amides is 2. The van der Waals surface area contributed by atoms with Crippen LogP contribution in [0.4, 0.5) is 5.69 Å². The third kappa shape index (κ3) is 4.81. The number of aromatic nitrogens is 1. The van der Waals surface area contributed by atoms with Gasteiger partial charge in [0.15, 0.2) is 0 Å². The van der Waals surface area contributed by atoms with Crippen molar-refractivity contribution in [1.82, 2.24) is 15.2 Å². The molecule has 2 aliphatic rings. The molecule has 2 amide bonds. The molecule has 186 valence electrons. The van der Waals surface area contributed by atoms with E-state index in [1.165, 1.54) is 37.1 Å². The topological polar surface area (TPSA) is 114 Å². The Morgan fingerprint density at radius 3 is 2.89 bits per heavy atom. The van der Waals surface area contributed by atoms with Gasteiger partial charge in [0.2, 0.25) is 5.91 Å². The van der Waals surface area contributed by atoms with Gasteiger partial charge in [-0.15, -0.1) is 22.7 Å². The lowest BCUT2D eigenvalue weighted by molar-refractivity contribution is -0.121. The molecule has 0 radical (unpaired) electrons. The Labute approximate surface area is 213 Å². The largest absolute Gasteiger partial charge is 0.397 e. The van der Waals surface area contributed by atoms with Gasteiger partial charge in [0.25, 0.3) is 5.91 Å². The number of fused-ring (bicyclic) bond motifs is 2. The molecule has 7 nitrogen and oxygen atoms in total. The molecule has 3 aromatic rings. The van der Waals surface area contributed by atoms with E-state index < -0.39 is 5.91 Å². The maximum atomic E-state index is 12.8. The number of piperidine rings is 1. The summed E-state index contributed by atoms with van der Waals surface area (Å²) in [5.74, 6) is -0.383. The number of thiophene rings is 2. The van der Waals surface area contributed by atoms with Gasteiger partial charge in [-0.25, -0.2) is 4.98 Å². The van der Waals surface area contributed by atoms with Gasteiger partial charge in [-0.1, -0.05) is 12.5 Å². The average molecular weight is 512 g/mol. The highest BCUT2D eigenvalue weighted by molar-refractivity contribution is 7.21. The van der Waals surface area contributed by atoms with Gasteiger partial charge >= 0.3 is 0 Å². The molecule has 9 heteroatoms. The summed E-state index contributed by atoms with van der Waals surface area (Å²) in [6.07, 6.45) is 7.02. The first-order valence-electron chi connectivity index (χ1n) is 12.5. The monoisotopic (exact) mass is 511 g/mol. The molecule has 5 rings (SSSR count). The molecule has 2 unspecified atom stereocenters. The Morgan fingerprint density at radius 1 is 1.29 bits per heavy atom. The number of primary amides is 1. The van der Waals surface area contributed by atoms with Crippen LogP contribution in [0, 0.1) is 0 Å². The molecule has 0 saturated carbocycles. The number of nitrogens with one attached hydrogen (secondary N) is 1. The summed E-state index contributed by atoms with van der Waals surface area (Å²) >= 11 is 2.90. The fraction of sp³-hybridized carbons (Fsp3) is 0.500. The number of anilines is 1. The number of likely N-dealkylation sites (tertiary alicyclic amines) is 1. The smallest absolute Gasteiger partial charge is 0.260 e. The molecule has 1 aliphatic carbocycles. The van der Waals surface area contributed by atoms with Crippen LogP contribution in [0.2, 0.25) is 0 Å². The van der Waals surface area contributed by atoms with E-state index in [1.807, 2.05) is 11.4 Å². The van der Waals surface area contributed by atoms with Crippen molar-refractivity contribution in [2.45, 2.75) is 63.8 Å².